The zero-order valence-corrected chi connectivity index (χ0v) is 15.5. The Hall–Kier alpha value is -1.40. The Balaban J connectivity index is 2.74. The summed E-state index contributed by atoms with van der Waals surface area (Å²) in [6.45, 7) is 5.18. The number of hydrogen-bond acceptors (Lipinski definition) is 6. The predicted octanol–water partition coefficient (Wildman–Crippen LogP) is 3.16. The fraction of sp³-hybridized carbons (Fsp3) is 0.562. The van der Waals surface area contributed by atoms with Crippen LogP contribution in [-0.4, -0.2) is 38.4 Å². The molecule has 0 radical (unpaired) electrons. The van der Waals surface area contributed by atoms with Gasteiger partial charge in [0.2, 0.25) is 0 Å². The van der Waals surface area contributed by atoms with Crippen LogP contribution in [0.1, 0.15) is 27.2 Å². The average Bonchev–Trinajstić information content (AvgIpc) is 2.54. The molecular weight excluding hydrogens is 333 g/mol. The molecule has 2 unspecified atom stereocenters. The van der Waals surface area contributed by atoms with Gasteiger partial charge in [0.25, 0.3) is 0 Å². The summed E-state index contributed by atoms with van der Waals surface area (Å²) in [7, 11) is -2.20. The number of benzene rings is 1. The van der Waals surface area contributed by atoms with Crippen LogP contribution in [0.15, 0.2) is 30.3 Å². The number of hydrogen-bond donors (Lipinski definition) is 1. The van der Waals surface area contributed by atoms with Gasteiger partial charge >= 0.3 is 13.7 Å². The number of carbonyl (C=O) groups is 1. The highest BCUT2D eigenvalue weighted by Gasteiger charge is 2.29. The Morgan fingerprint density at radius 3 is 2.46 bits per heavy atom. The zero-order valence-electron chi connectivity index (χ0n) is 14.6. The van der Waals surface area contributed by atoms with Crippen LogP contribution in [0.5, 0.6) is 5.75 Å². The van der Waals surface area contributed by atoms with Crippen molar-refractivity contribution in [2.45, 2.75) is 39.4 Å². The van der Waals surface area contributed by atoms with Crippen molar-refractivity contribution in [1.82, 2.24) is 5.09 Å². The molecule has 1 rings (SSSR count). The van der Waals surface area contributed by atoms with E-state index in [4.69, 9.17) is 18.5 Å². The highest BCUT2D eigenvalue weighted by Crippen LogP contribution is 2.44. The van der Waals surface area contributed by atoms with E-state index in [1.807, 2.05) is 13.0 Å². The van der Waals surface area contributed by atoms with Gasteiger partial charge in [0, 0.05) is 7.11 Å². The van der Waals surface area contributed by atoms with Crippen molar-refractivity contribution in [3.8, 4) is 5.75 Å². The second kappa shape index (κ2) is 10.5. The van der Waals surface area contributed by atoms with Gasteiger partial charge < -0.3 is 14.0 Å². The van der Waals surface area contributed by atoms with Crippen molar-refractivity contribution in [3.63, 3.8) is 0 Å². The van der Waals surface area contributed by atoms with E-state index in [-0.39, 0.29) is 25.4 Å². The van der Waals surface area contributed by atoms with E-state index in [0.717, 1.165) is 0 Å². The molecule has 0 saturated carbocycles. The van der Waals surface area contributed by atoms with Crippen molar-refractivity contribution in [2.75, 3.05) is 20.3 Å². The Morgan fingerprint density at radius 2 is 1.92 bits per heavy atom. The number of esters is 1. The van der Waals surface area contributed by atoms with Gasteiger partial charge in [0.1, 0.15) is 12.3 Å². The molecule has 0 bridgehead atoms. The van der Waals surface area contributed by atoms with Gasteiger partial charge in [-0.2, -0.15) is 0 Å². The topological polar surface area (TPSA) is 83.1 Å². The van der Waals surface area contributed by atoms with Crippen molar-refractivity contribution in [1.29, 1.82) is 0 Å². The van der Waals surface area contributed by atoms with Crippen molar-refractivity contribution < 1.29 is 27.9 Å². The van der Waals surface area contributed by atoms with E-state index in [1.54, 1.807) is 45.2 Å². The minimum atomic E-state index is -3.75. The number of nitrogens with one attached hydrogen (secondary N) is 1. The van der Waals surface area contributed by atoms with Gasteiger partial charge in [0.05, 0.1) is 18.8 Å². The minimum absolute atomic E-state index is 0.0728. The molecule has 1 N–H and O–H groups in total. The molecule has 0 aliphatic heterocycles. The van der Waals surface area contributed by atoms with Crippen LogP contribution in [0, 0.1) is 0 Å². The average molecular weight is 359 g/mol. The van der Waals surface area contributed by atoms with E-state index in [1.165, 1.54) is 0 Å². The maximum atomic E-state index is 12.9. The van der Waals surface area contributed by atoms with Crippen molar-refractivity contribution >= 4 is 13.7 Å². The predicted molar refractivity (Wildman–Crippen MR) is 90.9 cm³/mol. The first-order valence-corrected chi connectivity index (χ1v) is 9.39. The fourth-order valence-electron chi connectivity index (χ4n) is 1.72. The van der Waals surface area contributed by atoms with Gasteiger partial charge in [0.15, 0.2) is 0 Å². The van der Waals surface area contributed by atoms with Gasteiger partial charge in [-0.05, 0) is 32.4 Å². The van der Waals surface area contributed by atoms with Crippen LogP contribution >= 0.6 is 7.75 Å². The van der Waals surface area contributed by atoms with Crippen molar-refractivity contribution in [3.05, 3.63) is 30.3 Å². The summed E-state index contributed by atoms with van der Waals surface area (Å²) in [5, 5.41) is 2.53. The van der Waals surface area contributed by atoms with E-state index in [2.05, 4.69) is 5.09 Å². The lowest BCUT2D eigenvalue weighted by Gasteiger charge is -2.22. The number of methoxy groups -OCH3 is 1. The van der Waals surface area contributed by atoms with E-state index in [9.17, 15) is 9.36 Å². The second-order valence-electron chi connectivity index (χ2n) is 5.34. The Bertz CT molecular complexity index is 533. The standard InChI is InChI=1S/C16H26NO6P/c1-5-14(20-4)12-21-24(19,17-11-16(18)22-13(2)3)23-15-9-7-6-8-10-15/h6-10,13-14H,5,11-12H2,1-4H3,(H,17,19). The number of ether oxygens (including phenoxy) is 2. The summed E-state index contributed by atoms with van der Waals surface area (Å²) in [5.74, 6) is -0.166. The van der Waals surface area contributed by atoms with Crippen molar-refractivity contribution in [2.24, 2.45) is 0 Å². The third-order valence-electron chi connectivity index (χ3n) is 2.97. The molecular formula is C16H26NO6P. The third-order valence-corrected chi connectivity index (χ3v) is 4.46. The van der Waals surface area contributed by atoms with Gasteiger partial charge in [-0.3, -0.25) is 9.32 Å². The Labute approximate surface area is 143 Å². The maximum absolute atomic E-state index is 12.9. The largest absolute Gasteiger partial charge is 0.462 e. The third kappa shape index (κ3) is 7.93. The highest BCUT2D eigenvalue weighted by atomic mass is 31.2. The van der Waals surface area contributed by atoms with E-state index in [0.29, 0.717) is 12.2 Å². The molecule has 1 aromatic carbocycles. The van der Waals surface area contributed by atoms with Crippen LogP contribution in [-0.2, 0) is 23.4 Å². The zero-order chi connectivity index (χ0) is 18.0. The molecule has 136 valence electrons. The molecule has 24 heavy (non-hydrogen) atoms. The van der Waals surface area contributed by atoms with Crippen LogP contribution < -0.4 is 9.61 Å². The molecule has 1 aromatic rings. The molecule has 0 aliphatic rings. The van der Waals surface area contributed by atoms with E-state index < -0.39 is 13.7 Å². The normalized spacial score (nSPS) is 14.9. The first-order valence-electron chi connectivity index (χ1n) is 7.85. The molecule has 0 amide bonds. The molecule has 0 aromatic heterocycles. The molecule has 2 atom stereocenters. The highest BCUT2D eigenvalue weighted by molar-refractivity contribution is 7.52. The fourth-order valence-corrected chi connectivity index (χ4v) is 3.02. The molecule has 0 fully saturated rings. The van der Waals surface area contributed by atoms with Crippen LogP contribution in [0.4, 0.5) is 0 Å². The minimum Gasteiger partial charge on any atom is -0.462 e. The SMILES string of the molecule is CCC(COP(=O)(NCC(=O)OC(C)C)Oc1ccccc1)OC. The van der Waals surface area contributed by atoms with Gasteiger partial charge in [-0.25, -0.2) is 9.65 Å². The summed E-state index contributed by atoms with van der Waals surface area (Å²) >= 11 is 0. The first-order chi connectivity index (χ1) is 11.4. The Morgan fingerprint density at radius 1 is 1.25 bits per heavy atom. The lowest BCUT2D eigenvalue weighted by Crippen LogP contribution is -2.28. The maximum Gasteiger partial charge on any atom is 0.459 e. The molecule has 7 nitrogen and oxygen atoms in total. The molecule has 8 heteroatoms. The summed E-state index contributed by atoms with van der Waals surface area (Å²) in [5.41, 5.74) is 0. The molecule has 0 saturated heterocycles. The van der Waals surface area contributed by atoms with Gasteiger partial charge in [-0.15, -0.1) is 0 Å². The summed E-state index contributed by atoms with van der Waals surface area (Å²) in [6, 6.07) is 8.60. The number of carbonyl (C=O) groups excluding carboxylic acids is 1. The molecule has 0 spiro atoms. The Kier molecular flexibility index (Phi) is 9.00. The summed E-state index contributed by atoms with van der Waals surface area (Å²) in [4.78, 5) is 11.7. The van der Waals surface area contributed by atoms with Crippen LogP contribution in [0.2, 0.25) is 0 Å². The molecule has 0 heterocycles. The summed E-state index contributed by atoms with van der Waals surface area (Å²) < 4.78 is 34.0. The number of para-hydroxylation sites is 1. The summed E-state index contributed by atoms with van der Waals surface area (Å²) in [6.07, 6.45) is 0.215. The second-order valence-corrected chi connectivity index (χ2v) is 7.09. The monoisotopic (exact) mass is 359 g/mol. The van der Waals surface area contributed by atoms with Gasteiger partial charge in [-0.1, -0.05) is 25.1 Å². The first kappa shape index (κ1) is 20.6. The van der Waals surface area contributed by atoms with E-state index >= 15 is 0 Å². The molecule has 0 aliphatic carbocycles. The number of rotatable bonds is 11. The smallest absolute Gasteiger partial charge is 0.459 e. The van der Waals surface area contributed by atoms with Crippen LogP contribution in [0.25, 0.3) is 0 Å². The lowest BCUT2D eigenvalue weighted by atomic mass is 10.3. The quantitative estimate of drug-likeness (QED) is 0.480. The lowest BCUT2D eigenvalue weighted by molar-refractivity contribution is -0.145. The van der Waals surface area contributed by atoms with Crippen LogP contribution in [0.3, 0.4) is 0 Å².